The minimum Gasteiger partial charge on any atom is -0.493 e. The first-order valence-corrected chi connectivity index (χ1v) is 6.81. The SMILES string of the molecule is COc1cc(C)c(NC(=O)Nc2cc(F)c(F)cc2F)cc1OC. The summed E-state index contributed by atoms with van der Waals surface area (Å²) in [6.07, 6.45) is 0. The molecule has 0 saturated heterocycles. The number of ether oxygens (including phenoxy) is 2. The molecule has 2 N–H and O–H groups in total. The maximum absolute atomic E-state index is 13.5. The zero-order valence-electron chi connectivity index (χ0n) is 13.2. The van der Waals surface area contributed by atoms with Gasteiger partial charge in [0.15, 0.2) is 23.1 Å². The molecule has 2 rings (SSSR count). The van der Waals surface area contributed by atoms with E-state index in [4.69, 9.17) is 9.47 Å². The smallest absolute Gasteiger partial charge is 0.323 e. The minimum absolute atomic E-state index is 0.354. The van der Waals surface area contributed by atoms with Crippen molar-refractivity contribution in [3.05, 3.63) is 47.3 Å². The van der Waals surface area contributed by atoms with E-state index in [0.29, 0.717) is 34.9 Å². The van der Waals surface area contributed by atoms with Crippen LogP contribution in [0, 0.1) is 24.4 Å². The lowest BCUT2D eigenvalue weighted by Gasteiger charge is -2.14. The molecule has 0 saturated carbocycles. The van der Waals surface area contributed by atoms with Crippen molar-refractivity contribution < 1.29 is 27.4 Å². The first kappa shape index (κ1) is 17.5. The fourth-order valence-electron chi connectivity index (χ4n) is 2.01. The molecule has 2 aromatic rings. The second-order valence-corrected chi connectivity index (χ2v) is 4.85. The maximum Gasteiger partial charge on any atom is 0.323 e. The van der Waals surface area contributed by atoms with Crippen LogP contribution in [0.1, 0.15) is 5.56 Å². The van der Waals surface area contributed by atoms with Gasteiger partial charge in [-0.2, -0.15) is 0 Å². The predicted molar refractivity (Wildman–Crippen MR) is 83.2 cm³/mol. The van der Waals surface area contributed by atoms with Crippen LogP contribution < -0.4 is 20.1 Å². The molecule has 0 aromatic heterocycles. The third kappa shape index (κ3) is 3.70. The van der Waals surface area contributed by atoms with Gasteiger partial charge < -0.3 is 20.1 Å². The lowest BCUT2D eigenvalue weighted by Crippen LogP contribution is -2.21. The quantitative estimate of drug-likeness (QED) is 0.825. The van der Waals surface area contributed by atoms with Gasteiger partial charge in [0.2, 0.25) is 0 Å². The van der Waals surface area contributed by atoms with Gasteiger partial charge in [0.05, 0.1) is 19.9 Å². The molecule has 2 aromatic carbocycles. The highest BCUT2D eigenvalue weighted by Crippen LogP contribution is 2.33. The summed E-state index contributed by atoms with van der Waals surface area (Å²) < 4.78 is 49.8. The molecule has 0 aliphatic rings. The molecule has 0 aliphatic carbocycles. The van der Waals surface area contributed by atoms with Crippen LogP contribution in [0.15, 0.2) is 24.3 Å². The van der Waals surface area contributed by atoms with Crippen molar-refractivity contribution in [3.8, 4) is 11.5 Å². The van der Waals surface area contributed by atoms with Crippen LogP contribution in [-0.4, -0.2) is 20.3 Å². The second kappa shape index (κ2) is 7.12. The zero-order valence-corrected chi connectivity index (χ0v) is 13.2. The Kier molecular flexibility index (Phi) is 5.18. The molecule has 0 aliphatic heterocycles. The van der Waals surface area contributed by atoms with Crippen molar-refractivity contribution in [1.82, 2.24) is 0 Å². The molecular formula is C16H15F3N2O3. The Morgan fingerprint density at radius 3 is 2.00 bits per heavy atom. The van der Waals surface area contributed by atoms with E-state index >= 15 is 0 Å². The Morgan fingerprint density at radius 1 is 0.833 bits per heavy atom. The number of rotatable bonds is 4. The standard InChI is InChI=1S/C16H15F3N2O3/c1-8-4-14(23-2)15(24-3)7-12(8)20-16(22)21-13-6-10(18)9(17)5-11(13)19/h4-7H,1-3H3,(H2,20,21,22). The average molecular weight is 340 g/mol. The molecular weight excluding hydrogens is 325 g/mol. The van der Waals surface area contributed by atoms with Crippen LogP contribution in [0.4, 0.5) is 29.3 Å². The number of hydrogen-bond donors (Lipinski definition) is 2. The topological polar surface area (TPSA) is 59.6 Å². The monoisotopic (exact) mass is 340 g/mol. The largest absolute Gasteiger partial charge is 0.493 e. The molecule has 0 heterocycles. The van der Waals surface area contributed by atoms with Crippen LogP contribution in [0.5, 0.6) is 11.5 Å². The van der Waals surface area contributed by atoms with Gasteiger partial charge in [-0.1, -0.05) is 0 Å². The van der Waals surface area contributed by atoms with E-state index in [9.17, 15) is 18.0 Å². The second-order valence-electron chi connectivity index (χ2n) is 4.85. The highest BCUT2D eigenvalue weighted by molar-refractivity contribution is 6.00. The molecule has 128 valence electrons. The summed E-state index contributed by atoms with van der Waals surface area (Å²) in [6.45, 7) is 1.72. The summed E-state index contributed by atoms with van der Waals surface area (Å²) in [6, 6.07) is 3.26. The van der Waals surface area contributed by atoms with Crippen LogP contribution in [0.25, 0.3) is 0 Å². The van der Waals surface area contributed by atoms with E-state index in [1.807, 2.05) is 0 Å². The van der Waals surface area contributed by atoms with Crippen LogP contribution in [0.3, 0.4) is 0 Å². The normalized spacial score (nSPS) is 10.2. The number of carbonyl (C=O) groups is 1. The van der Waals surface area contributed by atoms with Gasteiger partial charge >= 0.3 is 6.03 Å². The fraction of sp³-hybridized carbons (Fsp3) is 0.188. The third-order valence-electron chi connectivity index (χ3n) is 3.24. The fourth-order valence-corrected chi connectivity index (χ4v) is 2.01. The van der Waals surface area contributed by atoms with Crippen LogP contribution >= 0.6 is 0 Å². The van der Waals surface area contributed by atoms with E-state index in [1.165, 1.54) is 20.3 Å². The van der Waals surface area contributed by atoms with E-state index < -0.39 is 29.2 Å². The van der Waals surface area contributed by atoms with Gasteiger partial charge in [0.25, 0.3) is 0 Å². The molecule has 0 bridgehead atoms. The Balaban J connectivity index is 2.20. The van der Waals surface area contributed by atoms with Crippen LogP contribution in [0.2, 0.25) is 0 Å². The Morgan fingerprint density at radius 2 is 1.38 bits per heavy atom. The van der Waals surface area contributed by atoms with Gasteiger partial charge in [-0.25, -0.2) is 18.0 Å². The van der Waals surface area contributed by atoms with Crippen molar-refractivity contribution in [2.24, 2.45) is 0 Å². The summed E-state index contributed by atoms with van der Waals surface area (Å²) in [7, 11) is 2.91. The average Bonchev–Trinajstić information content (AvgIpc) is 2.54. The Bertz CT molecular complexity index is 782. The van der Waals surface area contributed by atoms with Gasteiger partial charge in [0, 0.05) is 23.9 Å². The number of methoxy groups -OCH3 is 2. The van der Waals surface area contributed by atoms with Gasteiger partial charge in [-0.05, 0) is 18.6 Å². The van der Waals surface area contributed by atoms with Gasteiger partial charge in [0.1, 0.15) is 5.82 Å². The molecule has 5 nitrogen and oxygen atoms in total. The number of amides is 2. The first-order valence-electron chi connectivity index (χ1n) is 6.81. The number of anilines is 2. The van der Waals surface area contributed by atoms with Gasteiger partial charge in [-0.15, -0.1) is 0 Å². The molecule has 8 heteroatoms. The number of carbonyl (C=O) groups excluding carboxylic acids is 1. The highest BCUT2D eigenvalue weighted by Gasteiger charge is 2.14. The number of halogens is 3. The lowest BCUT2D eigenvalue weighted by atomic mass is 10.1. The summed E-state index contributed by atoms with van der Waals surface area (Å²) >= 11 is 0. The van der Waals surface area contributed by atoms with E-state index in [0.717, 1.165) is 0 Å². The summed E-state index contributed by atoms with van der Waals surface area (Å²) in [5.41, 5.74) is 0.561. The zero-order chi connectivity index (χ0) is 17.9. The molecule has 0 atom stereocenters. The maximum atomic E-state index is 13.5. The molecule has 2 amide bonds. The summed E-state index contributed by atoms with van der Waals surface area (Å²) in [5.74, 6) is -2.83. The van der Waals surface area contributed by atoms with Crippen LogP contribution in [-0.2, 0) is 0 Å². The molecule has 0 fully saturated rings. The van der Waals surface area contributed by atoms with E-state index in [1.54, 1.807) is 13.0 Å². The van der Waals surface area contributed by atoms with Crippen molar-refractivity contribution in [1.29, 1.82) is 0 Å². The highest BCUT2D eigenvalue weighted by atomic mass is 19.2. The summed E-state index contributed by atoms with van der Waals surface area (Å²) in [4.78, 5) is 12.0. The van der Waals surface area contributed by atoms with Crippen molar-refractivity contribution in [3.63, 3.8) is 0 Å². The first-order chi connectivity index (χ1) is 11.3. The number of aryl methyl sites for hydroxylation is 1. The molecule has 0 radical (unpaired) electrons. The predicted octanol–water partition coefficient (Wildman–Crippen LogP) is 4.07. The number of benzene rings is 2. The third-order valence-corrected chi connectivity index (χ3v) is 3.24. The molecule has 24 heavy (non-hydrogen) atoms. The minimum atomic E-state index is -1.34. The Labute approximate surface area is 136 Å². The number of hydrogen-bond acceptors (Lipinski definition) is 3. The van der Waals surface area contributed by atoms with Crippen molar-refractivity contribution in [2.75, 3.05) is 24.9 Å². The van der Waals surface area contributed by atoms with E-state index in [2.05, 4.69) is 10.6 Å². The van der Waals surface area contributed by atoms with Crippen molar-refractivity contribution >= 4 is 17.4 Å². The Hall–Kier alpha value is -2.90. The van der Waals surface area contributed by atoms with Gasteiger partial charge in [-0.3, -0.25) is 0 Å². The molecule has 0 unspecified atom stereocenters. The molecule has 0 spiro atoms. The number of nitrogens with one attached hydrogen (secondary N) is 2. The van der Waals surface area contributed by atoms with E-state index in [-0.39, 0.29) is 0 Å². The lowest BCUT2D eigenvalue weighted by molar-refractivity contribution is 0.262. The van der Waals surface area contributed by atoms with Crippen molar-refractivity contribution in [2.45, 2.75) is 6.92 Å². The number of urea groups is 1. The summed E-state index contributed by atoms with van der Waals surface area (Å²) in [5, 5.41) is 4.59.